The first-order valence-corrected chi connectivity index (χ1v) is 10.4. The second kappa shape index (κ2) is 8.05. The van der Waals surface area contributed by atoms with E-state index in [1.807, 2.05) is 23.1 Å². The molecule has 0 saturated carbocycles. The summed E-state index contributed by atoms with van der Waals surface area (Å²) in [5.74, 6) is 0.892. The van der Waals surface area contributed by atoms with E-state index >= 15 is 0 Å². The highest BCUT2D eigenvalue weighted by molar-refractivity contribution is 7.21. The summed E-state index contributed by atoms with van der Waals surface area (Å²) in [6, 6.07) is 12.8. The molecular weight excluding hydrogens is 356 g/mol. The molecule has 1 amide bonds. The molecule has 1 atom stereocenters. The van der Waals surface area contributed by atoms with Crippen LogP contribution in [0.2, 0.25) is 0 Å². The van der Waals surface area contributed by atoms with Crippen molar-refractivity contribution in [3.8, 4) is 10.4 Å². The molecule has 1 N–H and O–H groups in total. The van der Waals surface area contributed by atoms with Gasteiger partial charge in [0, 0.05) is 17.5 Å². The van der Waals surface area contributed by atoms with Crippen molar-refractivity contribution in [1.29, 1.82) is 0 Å². The quantitative estimate of drug-likeness (QED) is 0.705. The second-order valence-electron chi connectivity index (χ2n) is 6.92. The van der Waals surface area contributed by atoms with Crippen molar-refractivity contribution in [2.45, 2.75) is 38.6 Å². The van der Waals surface area contributed by atoms with Gasteiger partial charge in [0.1, 0.15) is 17.0 Å². The third-order valence-corrected chi connectivity index (χ3v) is 6.31. The maximum absolute atomic E-state index is 12.7. The van der Waals surface area contributed by atoms with Crippen molar-refractivity contribution in [3.05, 3.63) is 42.7 Å². The highest BCUT2D eigenvalue weighted by Crippen LogP contribution is 2.34. The summed E-state index contributed by atoms with van der Waals surface area (Å²) in [5.41, 5.74) is 1.17. The van der Waals surface area contributed by atoms with Gasteiger partial charge in [-0.25, -0.2) is 9.97 Å². The standard InChI is InChI=1S/C21H24N4OS/c1-2-16-10-6-7-11-25(16)19(26)13-22-20-17-12-18(15-8-4-3-5-9-15)27-21(17)24-14-23-20/h3-5,8-9,12,14,16H,2,6-7,10-11,13H2,1H3,(H,22,23,24). The molecule has 1 saturated heterocycles. The van der Waals surface area contributed by atoms with E-state index in [0.29, 0.717) is 6.04 Å². The van der Waals surface area contributed by atoms with E-state index in [1.54, 1.807) is 17.7 Å². The van der Waals surface area contributed by atoms with E-state index in [-0.39, 0.29) is 12.5 Å². The Hall–Kier alpha value is -2.47. The van der Waals surface area contributed by atoms with E-state index in [1.165, 1.54) is 12.0 Å². The smallest absolute Gasteiger partial charge is 0.242 e. The zero-order valence-corrected chi connectivity index (χ0v) is 16.3. The zero-order valence-electron chi connectivity index (χ0n) is 15.5. The lowest BCUT2D eigenvalue weighted by Crippen LogP contribution is -2.45. The molecule has 140 valence electrons. The highest BCUT2D eigenvalue weighted by Gasteiger charge is 2.25. The van der Waals surface area contributed by atoms with E-state index < -0.39 is 0 Å². The van der Waals surface area contributed by atoms with Gasteiger partial charge < -0.3 is 10.2 Å². The predicted molar refractivity (Wildman–Crippen MR) is 111 cm³/mol. The number of aromatic nitrogens is 2. The minimum atomic E-state index is 0.159. The molecule has 1 fully saturated rings. The van der Waals surface area contributed by atoms with Crippen LogP contribution >= 0.6 is 11.3 Å². The normalized spacial score (nSPS) is 17.2. The Balaban J connectivity index is 1.52. The Morgan fingerprint density at radius 2 is 2.11 bits per heavy atom. The first kappa shape index (κ1) is 17.9. The number of rotatable bonds is 5. The molecule has 0 spiro atoms. The van der Waals surface area contributed by atoms with Gasteiger partial charge in [-0.15, -0.1) is 11.3 Å². The SMILES string of the molecule is CCC1CCCCN1C(=O)CNc1ncnc2sc(-c3ccccc3)cc12. The van der Waals surface area contributed by atoms with E-state index in [2.05, 4.69) is 40.4 Å². The van der Waals surface area contributed by atoms with Gasteiger partial charge in [-0.1, -0.05) is 37.3 Å². The fourth-order valence-electron chi connectivity index (χ4n) is 3.76. The van der Waals surface area contributed by atoms with Crippen LogP contribution in [0.3, 0.4) is 0 Å². The first-order chi connectivity index (χ1) is 13.3. The lowest BCUT2D eigenvalue weighted by Gasteiger charge is -2.35. The van der Waals surface area contributed by atoms with Crippen LogP contribution in [0.5, 0.6) is 0 Å². The van der Waals surface area contributed by atoms with Crippen LogP contribution < -0.4 is 5.32 Å². The highest BCUT2D eigenvalue weighted by atomic mass is 32.1. The number of fused-ring (bicyclic) bond motifs is 1. The van der Waals surface area contributed by atoms with Crippen LogP contribution in [-0.4, -0.2) is 39.9 Å². The number of nitrogens with zero attached hydrogens (tertiary/aromatic N) is 3. The first-order valence-electron chi connectivity index (χ1n) is 9.59. The van der Waals surface area contributed by atoms with Gasteiger partial charge in [-0.3, -0.25) is 4.79 Å². The van der Waals surface area contributed by atoms with E-state index in [9.17, 15) is 4.79 Å². The zero-order chi connectivity index (χ0) is 18.6. The Morgan fingerprint density at radius 1 is 1.26 bits per heavy atom. The molecule has 27 heavy (non-hydrogen) atoms. The summed E-state index contributed by atoms with van der Waals surface area (Å²) in [6.45, 7) is 3.31. The summed E-state index contributed by atoms with van der Waals surface area (Å²) in [6.07, 6.45) is 6.03. The van der Waals surface area contributed by atoms with Crippen LogP contribution in [-0.2, 0) is 4.79 Å². The van der Waals surface area contributed by atoms with E-state index in [0.717, 1.165) is 46.7 Å². The van der Waals surface area contributed by atoms with E-state index in [4.69, 9.17) is 0 Å². The van der Waals surface area contributed by atoms with Crippen molar-refractivity contribution in [2.75, 3.05) is 18.4 Å². The number of carbonyl (C=O) groups excluding carboxylic acids is 1. The maximum Gasteiger partial charge on any atom is 0.242 e. The van der Waals surface area contributed by atoms with Crippen LogP contribution in [0, 0.1) is 0 Å². The van der Waals surface area contributed by atoms with Crippen LogP contribution in [0.15, 0.2) is 42.7 Å². The molecule has 3 aromatic rings. The minimum absolute atomic E-state index is 0.159. The Labute approximate surface area is 163 Å². The molecule has 0 aliphatic carbocycles. The summed E-state index contributed by atoms with van der Waals surface area (Å²) in [5, 5.41) is 4.23. The molecule has 5 nitrogen and oxygen atoms in total. The molecule has 6 heteroatoms. The van der Waals surface area contributed by atoms with Gasteiger partial charge in [0.2, 0.25) is 5.91 Å². The molecule has 0 bridgehead atoms. The molecule has 4 rings (SSSR count). The average Bonchev–Trinajstić information content (AvgIpc) is 3.17. The molecule has 1 aliphatic heterocycles. The molecule has 0 radical (unpaired) electrons. The lowest BCUT2D eigenvalue weighted by molar-refractivity contribution is -0.133. The van der Waals surface area contributed by atoms with Gasteiger partial charge in [0.25, 0.3) is 0 Å². The summed E-state index contributed by atoms with van der Waals surface area (Å²) in [7, 11) is 0. The van der Waals surface area contributed by atoms with Crippen molar-refractivity contribution in [3.63, 3.8) is 0 Å². The number of nitrogens with one attached hydrogen (secondary N) is 1. The van der Waals surface area contributed by atoms with Crippen LogP contribution in [0.25, 0.3) is 20.7 Å². The summed E-state index contributed by atoms with van der Waals surface area (Å²) < 4.78 is 0. The Bertz CT molecular complexity index is 924. The molecule has 1 aromatic carbocycles. The Kier molecular flexibility index (Phi) is 5.34. The van der Waals surface area contributed by atoms with Gasteiger partial charge in [0.05, 0.1) is 11.9 Å². The van der Waals surface area contributed by atoms with Gasteiger partial charge >= 0.3 is 0 Å². The van der Waals surface area contributed by atoms with Crippen LogP contribution in [0.4, 0.5) is 5.82 Å². The monoisotopic (exact) mass is 380 g/mol. The van der Waals surface area contributed by atoms with Gasteiger partial charge in [0.15, 0.2) is 0 Å². The topological polar surface area (TPSA) is 58.1 Å². The minimum Gasteiger partial charge on any atom is -0.360 e. The predicted octanol–water partition coefficient (Wildman–Crippen LogP) is 4.56. The summed E-state index contributed by atoms with van der Waals surface area (Å²) in [4.78, 5) is 25.6. The summed E-state index contributed by atoms with van der Waals surface area (Å²) >= 11 is 1.64. The fourth-order valence-corrected chi connectivity index (χ4v) is 4.76. The van der Waals surface area contributed by atoms with Gasteiger partial charge in [-0.05, 0) is 37.3 Å². The number of anilines is 1. The number of amides is 1. The number of benzene rings is 1. The Morgan fingerprint density at radius 3 is 2.93 bits per heavy atom. The second-order valence-corrected chi connectivity index (χ2v) is 7.95. The average molecular weight is 381 g/mol. The third kappa shape index (κ3) is 3.81. The number of hydrogen-bond acceptors (Lipinski definition) is 5. The largest absolute Gasteiger partial charge is 0.360 e. The molecule has 3 heterocycles. The van der Waals surface area contributed by atoms with Gasteiger partial charge in [-0.2, -0.15) is 0 Å². The molecule has 1 unspecified atom stereocenters. The molecular formula is C21H24N4OS. The number of likely N-dealkylation sites (tertiary alicyclic amines) is 1. The number of thiophene rings is 1. The molecule has 1 aliphatic rings. The molecule has 2 aromatic heterocycles. The van der Waals surface area contributed by atoms with Crippen LogP contribution in [0.1, 0.15) is 32.6 Å². The lowest BCUT2D eigenvalue weighted by atomic mass is 10.00. The number of carbonyl (C=O) groups is 1. The number of piperidine rings is 1. The van der Waals surface area contributed by atoms with Crippen molar-refractivity contribution in [2.24, 2.45) is 0 Å². The third-order valence-electron chi connectivity index (χ3n) is 5.21. The number of hydrogen-bond donors (Lipinski definition) is 1. The van der Waals surface area contributed by atoms with Crippen molar-refractivity contribution in [1.82, 2.24) is 14.9 Å². The van der Waals surface area contributed by atoms with Crippen molar-refractivity contribution < 1.29 is 4.79 Å². The maximum atomic E-state index is 12.7. The van der Waals surface area contributed by atoms with Crippen molar-refractivity contribution >= 4 is 33.3 Å². The fraction of sp³-hybridized carbons (Fsp3) is 0.381.